The van der Waals surface area contributed by atoms with Crippen LogP contribution in [-0.2, 0) is 22.4 Å². The molecule has 224 valence electrons. The Balaban J connectivity index is 1.78. The zero-order valence-electron chi connectivity index (χ0n) is 24.3. The van der Waals surface area contributed by atoms with Gasteiger partial charge >= 0.3 is 11.9 Å². The summed E-state index contributed by atoms with van der Waals surface area (Å²) in [5.41, 5.74) is 7.76. The Morgan fingerprint density at radius 3 is 1.64 bits per heavy atom. The van der Waals surface area contributed by atoms with Gasteiger partial charge in [0.05, 0.1) is 33.1 Å². The third-order valence-electron chi connectivity index (χ3n) is 6.61. The molecule has 0 heterocycles. The number of nitrogens with two attached hydrogens (primary N) is 1. The van der Waals surface area contributed by atoms with Crippen LogP contribution in [0.2, 0.25) is 0 Å². The zero-order valence-corrected chi connectivity index (χ0v) is 27.5. The van der Waals surface area contributed by atoms with E-state index >= 15 is 0 Å². The van der Waals surface area contributed by atoms with Crippen molar-refractivity contribution in [1.82, 2.24) is 0 Å². The van der Waals surface area contributed by atoms with E-state index < -0.39 is 23.4 Å². The van der Waals surface area contributed by atoms with Crippen molar-refractivity contribution in [1.29, 1.82) is 0 Å². The van der Waals surface area contributed by atoms with E-state index in [0.29, 0.717) is 24.3 Å². The molecule has 0 fully saturated rings. The number of benzene rings is 3. The molecule has 0 aliphatic heterocycles. The average molecular weight is 705 g/mol. The summed E-state index contributed by atoms with van der Waals surface area (Å²) in [5.74, 6) is -0.00379. The molecule has 2 N–H and O–H groups in total. The smallest absolute Gasteiger partial charge is 0.311 e. The first kappa shape index (κ1) is 33.3. The van der Waals surface area contributed by atoms with Crippen LogP contribution in [0.25, 0.3) is 0 Å². The van der Waals surface area contributed by atoms with E-state index in [-0.39, 0.29) is 35.7 Å². The number of esters is 2. The highest BCUT2D eigenvalue weighted by atomic mass is 79.9. The molecule has 0 amide bonds. The van der Waals surface area contributed by atoms with Gasteiger partial charge in [-0.3, -0.25) is 14.4 Å². The Morgan fingerprint density at radius 1 is 0.738 bits per heavy atom. The summed E-state index contributed by atoms with van der Waals surface area (Å²) in [6.07, 6.45) is 0.915. The number of halogens is 2. The van der Waals surface area contributed by atoms with Gasteiger partial charge in [0.1, 0.15) is 11.5 Å². The molecule has 3 aromatic rings. The summed E-state index contributed by atoms with van der Waals surface area (Å²) in [5, 5.41) is 0. The minimum absolute atomic E-state index is 0.0280. The van der Waals surface area contributed by atoms with E-state index in [1.165, 1.54) is 18.2 Å². The molecule has 42 heavy (non-hydrogen) atoms. The van der Waals surface area contributed by atoms with Gasteiger partial charge in [-0.25, -0.2) is 0 Å². The Bertz CT molecular complexity index is 1450. The lowest BCUT2D eigenvalue weighted by Gasteiger charge is -2.25. The maximum atomic E-state index is 13.1. The summed E-state index contributed by atoms with van der Waals surface area (Å²) >= 11 is 6.99. The minimum atomic E-state index is -0.787. The van der Waals surface area contributed by atoms with Crippen LogP contribution in [0.3, 0.4) is 0 Å². The molecule has 10 heteroatoms. The lowest BCUT2D eigenvalue weighted by molar-refractivity contribution is -0.137. The highest BCUT2D eigenvalue weighted by Crippen LogP contribution is 2.32. The van der Waals surface area contributed by atoms with Crippen molar-refractivity contribution in [2.75, 3.05) is 14.2 Å². The highest BCUT2D eigenvalue weighted by molar-refractivity contribution is 9.10. The maximum Gasteiger partial charge on any atom is 0.311 e. The summed E-state index contributed by atoms with van der Waals surface area (Å²) in [4.78, 5) is 38.8. The molecule has 1 atom stereocenters. The van der Waals surface area contributed by atoms with E-state index in [9.17, 15) is 14.4 Å². The molecule has 0 saturated heterocycles. The van der Waals surface area contributed by atoms with Crippen LogP contribution in [0.1, 0.15) is 55.1 Å². The second-order valence-corrected chi connectivity index (χ2v) is 12.4. The van der Waals surface area contributed by atoms with Crippen LogP contribution in [-0.4, -0.2) is 38.0 Å². The number of hydrogen-bond donors (Lipinski definition) is 1. The topological polar surface area (TPSA) is 114 Å². The van der Waals surface area contributed by atoms with Gasteiger partial charge in [-0.1, -0.05) is 64.8 Å². The van der Waals surface area contributed by atoms with Gasteiger partial charge in [-0.15, -0.1) is 0 Å². The Morgan fingerprint density at radius 2 is 1.21 bits per heavy atom. The summed E-state index contributed by atoms with van der Waals surface area (Å²) in [7, 11) is 3.16. The first-order valence-corrected chi connectivity index (χ1v) is 14.9. The number of rotatable bonds is 12. The molecule has 0 spiro atoms. The van der Waals surface area contributed by atoms with E-state index in [2.05, 4.69) is 31.9 Å². The van der Waals surface area contributed by atoms with E-state index in [4.69, 9.17) is 24.7 Å². The van der Waals surface area contributed by atoms with E-state index in [1.54, 1.807) is 20.3 Å². The van der Waals surface area contributed by atoms with E-state index in [1.807, 2.05) is 51.1 Å². The van der Waals surface area contributed by atoms with Crippen molar-refractivity contribution in [2.24, 2.45) is 11.1 Å². The second-order valence-electron chi connectivity index (χ2n) is 10.7. The number of aryl methyl sites for hydroxylation is 2. The first-order valence-electron chi connectivity index (χ1n) is 13.3. The first-order chi connectivity index (χ1) is 19.8. The fraction of sp³-hybridized carbons (Fsp3) is 0.344. The molecule has 0 aliphatic carbocycles. The van der Waals surface area contributed by atoms with Crippen molar-refractivity contribution < 1.29 is 33.3 Å². The molecule has 0 radical (unpaired) electrons. The molecular formula is C32H35Br2NO7. The number of Topliss-reactive ketones (excluding diaryl/α,β-unsaturated/α-hetero) is 1. The Hall–Kier alpha value is -3.21. The monoisotopic (exact) mass is 703 g/mol. The molecule has 0 aliphatic rings. The van der Waals surface area contributed by atoms with Crippen molar-refractivity contribution in [3.63, 3.8) is 0 Å². The third-order valence-corrected chi connectivity index (χ3v) is 8.09. The van der Waals surface area contributed by atoms with Crippen LogP contribution in [0.4, 0.5) is 0 Å². The summed E-state index contributed by atoms with van der Waals surface area (Å²) in [6.45, 7) is 5.60. The lowest BCUT2D eigenvalue weighted by Crippen LogP contribution is -2.42. The number of ether oxygens (including phenoxy) is 4. The number of hydrogen-bond acceptors (Lipinski definition) is 8. The number of carbonyl (C=O) groups is 3. The molecule has 0 aromatic heterocycles. The van der Waals surface area contributed by atoms with Gasteiger partial charge in [-0.2, -0.15) is 0 Å². The molecular weight excluding hydrogens is 670 g/mol. The minimum Gasteiger partial charge on any atom is -0.497 e. The second kappa shape index (κ2) is 14.8. The summed E-state index contributed by atoms with van der Waals surface area (Å²) < 4.78 is 23.3. The normalized spacial score (nSPS) is 11.9. The highest BCUT2D eigenvalue weighted by Gasteiger charge is 2.29. The quantitative estimate of drug-likeness (QED) is 0.124. The Kier molecular flexibility index (Phi) is 11.7. The van der Waals surface area contributed by atoms with Gasteiger partial charge in [0, 0.05) is 14.5 Å². The predicted octanol–water partition coefficient (Wildman–Crippen LogP) is 6.86. The van der Waals surface area contributed by atoms with Crippen LogP contribution in [0, 0.1) is 5.41 Å². The standard InChI is InChI=1S/C32H35Br2NO7/c1-32(2,3)31(35)30(38)21-8-13-26(41-28(36)14-9-19-6-11-22(39-4)17-24(19)33)27(16-21)42-29(37)15-10-20-7-12-23(40-5)18-25(20)34/h6-8,11-13,16-18,31H,9-10,14-15,35H2,1-5H3. The van der Waals surface area contributed by atoms with Crippen LogP contribution >= 0.6 is 31.9 Å². The Labute approximate surface area is 263 Å². The van der Waals surface area contributed by atoms with Crippen molar-refractivity contribution in [3.05, 3.63) is 80.2 Å². The predicted molar refractivity (Wildman–Crippen MR) is 168 cm³/mol. The third kappa shape index (κ3) is 9.14. The van der Waals surface area contributed by atoms with Crippen LogP contribution < -0.4 is 24.7 Å². The van der Waals surface area contributed by atoms with Crippen molar-refractivity contribution >= 4 is 49.6 Å². The van der Waals surface area contributed by atoms with Crippen molar-refractivity contribution in [3.8, 4) is 23.0 Å². The SMILES string of the molecule is COc1ccc(CCC(=O)Oc2ccc(C(=O)C(N)C(C)(C)C)cc2OC(=O)CCc2ccc(OC)cc2Br)c(Br)c1. The van der Waals surface area contributed by atoms with Crippen LogP contribution in [0.15, 0.2) is 63.5 Å². The fourth-order valence-corrected chi connectivity index (χ4v) is 5.05. The van der Waals surface area contributed by atoms with Gasteiger partial charge in [-0.05, 0) is 71.8 Å². The molecule has 0 saturated carbocycles. The summed E-state index contributed by atoms with van der Waals surface area (Å²) in [6, 6.07) is 14.6. The van der Waals surface area contributed by atoms with Crippen LogP contribution in [0.5, 0.6) is 23.0 Å². The van der Waals surface area contributed by atoms with Gasteiger partial charge in [0.25, 0.3) is 0 Å². The maximum absolute atomic E-state index is 13.1. The molecule has 1 unspecified atom stereocenters. The van der Waals surface area contributed by atoms with Gasteiger partial charge < -0.3 is 24.7 Å². The lowest BCUT2D eigenvalue weighted by atomic mass is 9.83. The zero-order chi connectivity index (χ0) is 31.0. The average Bonchev–Trinajstić information content (AvgIpc) is 2.95. The number of carbonyl (C=O) groups excluding carboxylic acids is 3. The largest absolute Gasteiger partial charge is 0.497 e. The molecule has 0 bridgehead atoms. The van der Waals surface area contributed by atoms with Gasteiger partial charge in [0.2, 0.25) is 0 Å². The fourth-order valence-electron chi connectivity index (χ4n) is 3.93. The molecule has 3 aromatic carbocycles. The number of ketones is 1. The van der Waals surface area contributed by atoms with E-state index in [0.717, 1.165) is 20.1 Å². The molecule has 3 rings (SSSR count). The number of methoxy groups -OCH3 is 2. The molecule has 8 nitrogen and oxygen atoms in total. The van der Waals surface area contributed by atoms with Crippen molar-refractivity contribution in [2.45, 2.75) is 52.5 Å². The van der Waals surface area contributed by atoms with Gasteiger partial charge in [0.15, 0.2) is 17.3 Å².